The van der Waals surface area contributed by atoms with Gasteiger partial charge >= 0.3 is 0 Å². The minimum atomic E-state index is -3.77. The normalized spacial score (nSPS) is 12.7. The van der Waals surface area contributed by atoms with E-state index in [0.717, 1.165) is 6.07 Å². The molecule has 1 aromatic rings. The van der Waals surface area contributed by atoms with Crippen molar-refractivity contribution in [2.45, 2.75) is 30.0 Å². The molecule has 1 rings (SSSR count). The topological polar surface area (TPSA) is 58.2 Å². The Balaban J connectivity index is 3.09. The highest BCUT2D eigenvalue weighted by Crippen LogP contribution is 2.25. The first-order chi connectivity index (χ1) is 9.63. The van der Waals surface area contributed by atoms with Crippen molar-refractivity contribution >= 4 is 33.4 Å². The summed E-state index contributed by atoms with van der Waals surface area (Å²) in [4.78, 5) is -0.119. The highest BCUT2D eigenvalue weighted by molar-refractivity contribution is 8.00. The van der Waals surface area contributed by atoms with Crippen molar-refractivity contribution in [3.8, 4) is 0 Å². The quantitative estimate of drug-likeness (QED) is 0.790. The van der Waals surface area contributed by atoms with Crippen LogP contribution in [0.1, 0.15) is 19.4 Å². The predicted octanol–water partition coefficient (Wildman–Crippen LogP) is 2.62. The second-order valence-electron chi connectivity index (χ2n) is 5.20. The van der Waals surface area contributed by atoms with Gasteiger partial charge < -0.3 is 5.32 Å². The molecule has 4 nitrogen and oxygen atoms in total. The molecule has 0 bridgehead atoms. The van der Waals surface area contributed by atoms with Gasteiger partial charge in [-0.05, 0) is 44.8 Å². The Bertz CT molecular complexity index is 606. The number of rotatable bonds is 7. The van der Waals surface area contributed by atoms with E-state index in [9.17, 15) is 12.8 Å². The van der Waals surface area contributed by atoms with Gasteiger partial charge in [-0.15, -0.1) is 0 Å². The molecule has 0 amide bonds. The predicted molar refractivity (Wildman–Crippen MR) is 87.0 cm³/mol. The highest BCUT2D eigenvalue weighted by Gasteiger charge is 2.23. The zero-order chi connectivity index (χ0) is 16.3. The number of sulfonamides is 1. The molecule has 0 aliphatic rings. The van der Waals surface area contributed by atoms with Crippen LogP contribution in [0.25, 0.3) is 0 Å². The number of hydrogen-bond acceptors (Lipinski definition) is 4. The monoisotopic (exact) mass is 354 g/mol. The number of nitrogens with one attached hydrogen (secondary N) is 2. The van der Waals surface area contributed by atoms with E-state index in [1.807, 2.05) is 20.1 Å². The third-order valence-corrected chi connectivity index (χ3v) is 6.05. The van der Waals surface area contributed by atoms with E-state index in [0.29, 0.717) is 5.56 Å². The standard InChI is InChI=1S/C13H20ClFN2O2S2/c1-13(2,20-4)8-17-21(18,19)10-5-9(7-16-3)12(14)11(15)6-10/h5-6,16-17H,7-8H2,1-4H3. The zero-order valence-corrected chi connectivity index (χ0v) is 14.8. The van der Waals surface area contributed by atoms with Crippen LogP contribution >= 0.6 is 23.4 Å². The minimum absolute atomic E-state index is 0.0623. The third kappa shape index (κ3) is 5.10. The Hall–Kier alpha value is -0.340. The summed E-state index contributed by atoms with van der Waals surface area (Å²) in [6.07, 6.45) is 1.90. The zero-order valence-electron chi connectivity index (χ0n) is 12.5. The van der Waals surface area contributed by atoms with Crippen LogP contribution in [-0.2, 0) is 16.6 Å². The van der Waals surface area contributed by atoms with Crippen molar-refractivity contribution < 1.29 is 12.8 Å². The summed E-state index contributed by atoms with van der Waals surface area (Å²) in [7, 11) is -2.10. The first-order valence-corrected chi connectivity index (χ1v) is 9.39. The molecule has 0 saturated carbocycles. The summed E-state index contributed by atoms with van der Waals surface area (Å²) in [5.74, 6) is -0.742. The maximum absolute atomic E-state index is 13.8. The molecular formula is C13H20ClFN2O2S2. The van der Waals surface area contributed by atoms with Crippen molar-refractivity contribution in [1.29, 1.82) is 0 Å². The summed E-state index contributed by atoms with van der Waals surface area (Å²) in [6, 6.07) is 2.33. The van der Waals surface area contributed by atoms with Crippen LogP contribution in [-0.4, -0.2) is 33.0 Å². The second kappa shape index (κ2) is 7.28. The maximum atomic E-state index is 13.8. The van der Waals surface area contributed by atoms with Gasteiger partial charge in [0.05, 0.1) is 9.92 Å². The molecule has 8 heteroatoms. The van der Waals surface area contributed by atoms with Gasteiger partial charge in [0.25, 0.3) is 0 Å². The van der Waals surface area contributed by atoms with E-state index in [1.54, 1.807) is 18.8 Å². The molecule has 0 unspecified atom stereocenters. The highest BCUT2D eigenvalue weighted by atomic mass is 35.5. The Labute approximate surface area is 134 Å². The molecule has 0 radical (unpaired) electrons. The van der Waals surface area contributed by atoms with Crippen LogP contribution in [0, 0.1) is 5.82 Å². The minimum Gasteiger partial charge on any atom is -0.316 e. The number of hydrogen-bond donors (Lipinski definition) is 2. The fourth-order valence-electron chi connectivity index (χ4n) is 1.52. The molecule has 0 heterocycles. The van der Waals surface area contributed by atoms with E-state index in [2.05, 4.69) is 10.0 Å². The number of halogens is 2. The average molecular weight is 355 g/mol. The van der Waals surface area contributed by atoms with E-state index in [1.165, 1.54) is 6.07 Å². The van der Waals surface area contributed by atoms with Crippen molar-refractivity contribution in [2.24, 2.45) is 0 Å². The summed E-state index contributed by atoms with van der Waals surface area (Å²) in [5, 5.41) is 2.76. The van der Waals surface area contributed by atoms with Crippen LogP contribution in [0.15, 0.2) is 17.0 Å². The molecule has 21 heavy (non-hydrogen) atoms. The van der Waals surface area contributed by atoms with Crippen LogP contribution in [0.3, 0.4) is 0 Å². The average Bonchev–Trinajstić information content (AvgIpc) is 2.42. The van der Waals surface area contributed by atoms with Crippen LogP contribution in [0.5, 0.6) is 0 Å². The van der Waals surface area contributed by atoms with Crippen LogP contribution < -0.4 is 10.0 Å². The summed E-state index contributed by atoms with van der Waals surface area (Å²) in [5.41, 5.74) is 0.406. The number of thioether (sulfide) groups is 1. The molecule has 0 saturated heterocycles. The van der Waals surface area contributed by atoms with Gasteiger partial charge in [0.1, 0.15) is 5.82 Å². The summed E-state index contributed by atoms with van der Waals surface area (Å²) < 4.78 is 40.6. The van der Waals surface area contributed by atoms with Crippen molar-refractivity contribution in [3.05, 3.63) is 28.5 Å². The Morgan fingerprint density at radius 2 is 2.00 bits per heavy atom. The van der Waals surface area contributed by atoms with Crippen molar-refractivity contribution in [2.75, 3.05) is 19.8 Å². The molecule has 0 aliphatic heterocycles. The van der Waals surface area contributed by atoms with E-state index >= 15 is 0 Å². The molecule has 0 aromatic heterocycles. The first-order valence-electron chi connectivity index (χ1n) is 6.30. The van der Waals surface area contributed by atoms with Gasteiger partial charge in [-0.25, -0.2) is 17.5 Å². The molecule has 0 atom stereocenters. The van der Waals surface area contributed by atoms with E-state index < -0.39 is 15.8 Å². The molecule has 0 fully saturated rings. The molecule has 0 spiro atoms. The Morgan fingerprint density at radius 1 is 1.38 bits per heavy atom. The summed E-state index contributed by atoms with van der Waals surface area (Å²) in [6.45, 7) is 4.39. The lowest BCUT2D eigenvalue weighted by atomic mass is 10.2. The van der Waals surface area contributed by atoms with E-state index in [-0.39, 0.29) is 27.8 Å². The third-order valence-electron chi connectivity index (χ3n) is 3.00. The fourth-order valence-corrected chi connectivity index (χ4v) is 3.27. The van der Waals surface area contributed by atoms with Crippen molar-refractivity contribution in [3.63, 3.8) is 0 Å². The lowest BCUT2D eigenvalue weighted by molar-refractivity contribution is 0.567. The smallest absolute Gasteiger partial charge is 0.240 e. The van der Waals surface area contributed by atoms with Gasteiger partial charge in [0.15, 0.2) is 0 Å². The Kier molecular flexibility index (Phi) is 6.49. The maximum Gasteiger partial charge on any atom is 0.240 e. The first kappa shape index (κ1) is 18.7. The lowest BCUT2D eigenvalue weighted by Crippen LogP contribution is -2.36. The molecular weight excluding hydrogens is 335 g/mol. The van der Waals surface area contributed by atoms with Crippen molar-refractivity contribution in [1.82, 2.24) is 10.0 Å². The van der Waals surface area contributed by atoms with Crippen LogP contribution in [0.4, 0.5) is 4.39 Å². The van der Waals surface area contributed by atoms with Gasteiger partial charge in [0, 0.05) is 17.8 Å². The largest absolute Gasteiger partial charge is 0.316 e. The van der Waals surface area contributed by atoms with Gasteiger partial charge in [-0.3, -0.25) is 0 Å². The Morgan fingerprint density at radius 3 is 2.52 bits per heavy atom. The second-order valence-corrected chi connectivity index (χ2v) is 8.86. The van der Waals surface area contributed by atoms with Gasteiger partial charge in [-0.2, -0.15) is 11.8 Å². The molecule has 120 valence electrons. The van der Waals surface area contributed by atoms with E-state index in [4.69, 9.17) is 11.6 Å². The SMILES string of the molecule is CNCc1cc(S(=O)(=O)NCC(C)(C)SC)cc(F)c1Cl. The molecule has 2 N–H and O–H groups in total. The van der Waals surface area contributed by atoms with Crippen LogP contribution in [0.2, 0.25) is 5.02 Å². The lowest BCUT2D eigenvalue weighted by Gasteiger charge is -2.22. The molecule has 0 aliphatic carbocycles. The molecule has 1 aromatic carbocycles. The van der Waals surface area contributed by atoms with Gasteiger partial charge in [0.2, 0.25) is 10.0 Å². The fraction of sp³-hybridized carbons (Fsp3) is 0.538. The summed E-state index contributed by atoms with van der Waals surface area (Å²) >= 11 is 7.38. The number of benzene rings is 1. The van der Waals surface area contributed by atoms with Gasteiger partial charge in [-0.1, -0.05) is 11.6 Å².